The van der Waals surface area contributed by atoms with Crippen LogP contribution in [0.3, 0.4) is 0 Å². The molecule has 4 aromatic rings. The molecule has 0 saturated heterocycles. The van der Waals surface area contributed by atoms with Crippen LogP contribution in [0.4, 0.5) is 20.3 Å². The first-order valence-corrected chi connectivity index (χ1v) is 12.9. The molecule has 0 bridgehead atoms. The number of aromatic nitrogens is 5. The van der Waals surface area contributed by atoms with Crippen molar-refractivity contribution in [3.05, 3.63) is 72.1 Å². The van der Waals surface area contributed by atoms with Gasteiger partial charge in [0, 0.05) is 48.9 Å². The first-order valence-electron chi connectivity index (χ1n) is 12.1. The number of hydrogen-bond donors (Lipinski definition) is 2. The third-order valence-electron chi connectivity index (χ3n) is 6.98. The second-order valence-corrected chi connectivity index (χ2v) is 11.0. The van der Waals surface area contributed by atoms with Gasteiger partial charge in [0.05, 0.1) is 28.6 Å². The molecule has 3 aromatic heterocycles. The Labute approximate surface area is 226 Å². The molecule has 1 aliphatic carbocycles. The molecule has 0 spiro atoms. The molecule has 0 amide bonds. The van der Waals surface area contributed by atoms with Gasteiger partial charge in [-0.05, 0) is 31.5 Å². The molecule has 0 radical (unpaired) electrons. The maximum absolute atomic E-state index is 15.3. The molecular weight excluding hydrogens is 526 g/mol. The molecule has 1 aromatic carbocycles. The summed E-state index contributed by atoms with van der Waals surface area (Å²) in [6.45, 7) is 2.36. The number of thioether (sulfide) groups is 1. The molecule has 13 heteroatoms. The fourth-order valence-electron chi connectivity index (χ4n) is 5.13. The van der Waals surface area contributed by atoms with Gasteiger partial charge >= 0.3 is 0 Å². The molecule has 6 rings (SSSR count). The van der Waals surface area contributed by atoms with Crippen LogP contribution < -0.4 is 15.8 Å². The minimum atomic E-state index is -1.06. The Kier molecular flexibility index (Phi) is 6.26. The van der Waals surface area contributed by atoms with Crippen LogP contribution in [0, 0.1) is 17.6 Å². The molecule has 2 aliphatic rings. The van der Waals surface area contributed by atoms with Crippen LogP contribution >= 0.6 is 11.8 Å². The number of hydrogen-bond acceptors (Lipinski definition) is 11. The third-order valence-corrected chi connectivity index (χ3v) is 8.26. The Hall–Kier alpha value is -3.97. The highest BCUT2D eigenvalue weighted by Crippen LogP contribution is 2.66. The highest BCUT2D eigenvalue weighted by atomic mass is 32.2. The van der Waals surface area contributed by atoms with Gasteiger partial charge < -0.3 is 20.5 Å². The van der Waals surface area contributed by atoms with Crippen LogP contribution in [-0.4, -0.2) is 48.6 Å². The quantitative estimate of drug-likeness (QED) is 0.330. The topological polar surface area (TPSA) is 133 Å². The van der Waals surface area contributed by atoms with E-state index in [-0.39, 0.29) is 28.7 Å². The first-order chi connectivity index (χ1) is 18.8. The number of anilines is 2. The summed E-state index contributed by atoms with van der Waals surface area (Å²) in [4.78, 5) is 26.1. The van der Waals surface area contributed by atoms with E-state index in [0.29, 0.717) is 40.1 Å². The van der Waals surface area contributed by atoms with E-state index in [4.69, 9.17) is 15.2 Å². The predicted octanol–water partition coefficient (Wildman–Crippen LogP) is 4.10. The summed E-state index contributed by atoms with van der Waals surface area (Å²) < 4.78 is 41.0. The summed E-state index contributed by atoms with van der Waals surface area (Å²) in [5.74, 6) is -0.918. The Morgan fingerprint density at radius 3 is 2.77 bits per heavy atom. The standard InChI is InChI=1S/C26H24F2N8O2S/c1-25(18-10-26(18,13-37-2)39-24(29)36-25)15-8-14(9-16(27)21(15)28)34-23-22-17(4-7-32-23)35-20(11-33-22)38-12-19-30-5-3-6-31-19/h3-9,11,18H,10,12-13H2,1-2H3,(H2,29,36)(H,32,34)/t18-,25-,26+/m0/s1. The minimum absolute atomic E-state index is 0.0624. The summed E-state index contributed by atoms with van der Waals surface area (Å²) in [7, 11) is 1.61. The number of nitrogens with two attached hydrogens (primary N) is 1. The van der Waals surface area contributed by atoms with Gasteiger partial charge in [-0.3, -0.25) is 4.99 Å². The third kappa shape index (κ3) is 4.61. The van der Waals surface area contributed by atoms with Gasteiger partial charge in [0.1, 0.15) is 12.1 Å². The number of nitrogens with zero attached hydrogens (tertiary/aromatic N) is 6. The Balaban J connectivity index is 1.30. The number of fused-ring (bicyclic) bond motifs is 2. The number of pyridine rings is 1. The lowest BCUT2D eigenvalue weighted by molar-refractivity contribution is 0.184. The minimum Gasteiger partial charge on any atom is -0.468 e. The number of benzene rings is 1. The molecule has 3 N–H and O–H groups in total. The van der Waals surface area contributed by atoms with E-state index in [1.165, 1.54) is 24.2 Å². The van der Waals surface area contributed by atoms with Gasteiger partial charge in [0.15, 0.2) is 28.4 Å². The molecule has 39 heavy (non-hydrogen) atoms. The molecular formula is C26H24F2N8O2S. The molecule has 1 saturated carbocycles. The van der Waals surface area contributed by atoms with Crippen molar-refractivity contribution in [2.24, 2.45) is 16.6 Å². The normalized spacial score (nSPS) is 23.7. The van der Waals surface area contributed by atoms with Crippen LogP contribution in [0.15, 0.2) is 54.0 Å². The molecule has 3 atom stereocenters. The number of aliphatic imine (C=N–C) groups is 1. The fourth-order valence-corrected chi connectivity index (χ4v) is 6.58. The predicted molar refractivity (Wildman–Crippen MR) is 143 cm³/mol. The van der Waals surface area contributed by atoms with E-state index in [9.17, 15) is 4.39 Å². The van der Waals surface area contributed by atoms with E-state index in [1.54, 1.807) is 44.6 Å². The SMILES string of the molecule is COC[C@]12C[C@H]1[C@](C)(c1cc(Nc3nccc4nc(OCc5ncccn5)cnc34)cc(F)c1F)N=C(N)S2. The van der Waals surface area contributed by atoms with E-state index in [1.807, 2.05) is 0 Å². The van der Waals surface area contributed by atoms with Crippen molar-refractivity contribution in [2.45, 2.75) is 30.2 Å². The largest absolute Gasteiger partial charge is 0.468 e. The summed E-state index contributed by atoms with van der Waals surface area (Å²) in [5.41, 5.74) is 6.41. The van der Waals surface area contributed by atoms with E-state index in [0.717, 1.165) is 12.5 Å². The van der Waals surface area contributed by atoms with Gasteiger partial charge in [-0.15, -0.1) is 0 Å². The van der Waals surface area contributed by atoms with Gasteiger partial charge in [0.25, 0.3) is 0 Å². The van der Waals surface area contributed by atoms with Crippen LogP contribution in [0.2, 0.25) is 0 Å². The van der Waals surface area contributed by atoms with Gasteiger partial charge in [-0.1, -0.05) is 11.8 Å². The highest BCUT2D eigenvalue weighted by molar-refractivity contribution is 8.15. The lowest BCUT2D eigenvalue weighted by Gasteiger charge is -2.34. The lowest BCUT2D eigenvalue weighted by Crippen LogP contribution is -2.37. The Bertz CT molecular complexity index is 1590. The van der Waals surface area contributed by atoms with Crippen LogP contribution in [0.1, 0.15) is 24.7 Å². The monoisotopic (exact) mass is 550 g/mol. The van der Waals surface area contributed by atoms with Crippen molar-refractivity contribution >= 4 is 39.5 Å². The molecule has 4 heterocycles. The highest BCUT2D eigenvalue weighted by Gasteiger charge is 2.66. The summed E-state index contributed by atoms with van der Waals surface area (Å²) in [5, 5.41) is 3.40. The zero-order valence-corrected chi connectivity index (χ0v) is 21.9. The molecule has 1 fully saturated rings. The number of ether oxygens (including phenoxy) is 2. The zero-order valence-electron chi connectivity index (χ0n) is 21.1. The van der Waals surface area contributed by atoms with Gasteiger partial charge in [0.2, 0.25) is 5.88 Å². The molecule has 200 valence electrons. The Morgan fingerprint density at radius 2 is 1.97 bits per heavy atom. The smallest absolute Gasteiger partial charge is 0.233 e. The van der Waals surface area contributed by atoms with Gasteiger partial charge in [-0.2, -0.15) is 0 Å². The zero-order chi connectivity index (χ0) is 27.2. The van der Waals surface area contributed by atoms with E-state index >= 15 is 4.39 Å². The van der Waals surface area contributed by atoms with Crippen LogP contribution in [-0.2, 0) is 16.9 Å². The number of methoxy groups -OCH3 is 1. The van der Waals surface area contributed by atoms with E-state index in [2.05, 4.69) is 35.2 Å². The van der Waals surface area contributed by atoms with Crippen molar-refractivity contribution in [1.29, 1.82) is 0 Å². The van der Waals surface area contributed by atoms with Crippen molar-refractivity contribution in [1.82, 2.24) is 24.9 Å². The average Bonchev–Trinajstić information content (AvgIpc) is 3.65. The van der Waals surface area contributed by atoms with Crippen molar-refractivity contribution < 1.29 is 18.3 Å². The average molecular weight is 551 g/mol. The van der Waals surface area contributed by atoms with Gasteiger partial charge in [-0.25, -0.2) is 33.7 Å². The maximum atomic E-state index is 15.3. The summed E-state index contributed by atoms with van der Waals surface area (Å²) in [6.07, 6.45) is 6.97. The second-order valence-electron chi connectivity index (χ2n) is 9.59. The number of nitrogens with one attached hydrogen (secondary N) is 1. The van der Waals surface area contributed by atoms with Crippen LogP contribution in [0.25, 0.3) is 11.0 Å². The van der Waals surface area contributed by atoms with Crippen molar-refractivity contribution in [3.63, 3.8) is 0 Å². The lowest BCUT2D eigenvalue weighted by atomic mass is 9.85. The number of halogens is 2. The Morgan fingerprint density at radius 1 is 1.15 bits per heavy atom. The maximum Gasteiger partial charge on any atom is 0.233 e. The molecule has 10 nitrogen and oxygen atoms in total. The number of rotatable bonds is 8. The molecule has 0 unspecified atom stereocenters. The number of amidine groups is 1. The van der Waals surface area contributed by atoms with E-state index < -0.39 is 17.2 Å². The summed E-state index contributed by atoms with van der Waals surface area (Å²) >= 11 is 1.43. The van der Waals surface area contributed by atoms with Crippen LogP contribution in [0.5, 0.6) is 5.88 Å². The van der Waals surface area contributed by atoms with Crippen molar-refractivity contribution in [3.8, 4) is 5.88 Å². The molecule has 1 aliphatic heterocycles. The second kappa shape index (κ2) is 9.65. The summed E-state index contributed by atoms with van der Waals surface area (Å²) in [6, 6.07) is 6.02. The van der Waals surface area contributed by atoms with Crippen molar-refractivity contribution in [2.75, 3.05) is 19.0 Å². The fraction of sp³-hybridized carbons (Fsp3) is 0.308. The first kappa shape index (κ1) is 25.3.